The number of nitrogens with one attached hydrogen (secondary N) is 1. The first-order chi connectivity index (χ1) is 9.74. The molecule has 2 nitrogen and oxygen atoms in total. The molecule has 0 aliphatic heterocycles. The summed E-state index contributed by atoms with van der Waals surface area (Å²) in [7, 11) is 1.47. The number of benzene rings is 2. The van der Waals surface area contributed by atoms with Gasteiger partial charge in [-0.25, -0.2) is 4.39 Å². The van der Waals surface area contributed by atoms with Gasteiger partial charge in [0.2, 0.25) is 0 Å². The Bertz CT molecular complexity index is 551. The third-order valence-electron chi connectivity index (χ3n) is 3.19. The molecular formula is C17H20FNO. The maximum Gasteiger partial charge on any atom is 0.165 e. The fraction of sp³-hybridized carbons (Fsp3) is 0.294. The molecule has 1 N–H and O–H groups in total. The van der Waals surface area contributed by atoms with Crippen LogP contribution in [0, 0.1) is 5.82 Å². The summed E-state index contributed by atoms with van der Waals surface area (Å²) in [5.41, 5.74) is 3.10. The van der Waals surface area contributed by atoms with Gasteiger partial charge < -0.3 is 10.1 Å². The first kappa shape index (κ1) is 14.5. The molecular weight excluding hydrogens is 253 g/mol. The van der Waals surface area contributed by atoms with Gasteiger partial charge in [0.15, 0.2) is 11.6 Å². The second kappa shape index (κ2) is 7.06. The van der Waals surface area contributed by atoms with Crippen molar-refractivity contribution in [2.45, 2.75) is 19.9 Å². The molecule has 20 heavy (non-hydrogen) atoms. The average Bonchev–Trinajstić information content (AvgIpc) is 2.48. The summed E-state index contributed by atoms with van der Waals surface area (Å²) >= 11 is 0. The van der Waals surface area contributed by atoms with Crippen molar-refractivity contribution in [3.8, 4) is 16.9 Å². The third-order valence-corrected chi connectivity index (χ3v) is 3.19. The quantitative estimate of drug-likeness (QED) is 0.803. The van der Waals surface area contributed by atoms with Gasteiger partial charge in [0.05, 0.1) is 7.11 Å². The zero-order chi connectivity index (χ0) is 14.4. The Kier molecular flexibility index (Phi) is 5.13. The van der Waals surface area contributed by atoms with E-state index in [-0.39, 0.29) is 11.6 Å². The number of halogens is 1. The highest BCUT2D eigenvalue weighted by molar-refractivity contribution is 5.64. The van der Waals surface area contributed by atoms with Crippen molar-refractivity contribution in [1.82, 2.24) is 5.32 Å². The molecule has 106 valence electrons. The van der Waals surface area contributed by atoms with Gasteiger partial charge in [0, 0.05) is 6.54 Å². The standard InChI is InChI=1S/C17H20FNO/c1-3-10-19-12-13-4-6-14(7-5-13)15-8-9-17(20-2)16(18)11-15/h4-9,11,19H,3,10,12H2,1-2H3. The molecule has 0 unspecified atom stereocenters. The van der Waals surface area contributed by atoms with Crippen LogP contribution in [0.3, 0.4) is 0 Å². The van der Waals surface area contributed by atoms with Crippen molar-refractivity contribution in [2.75, 3.05) is 13.7 Å². The summed E-state index contributed by atoms with van der Waals surface area (Å²) in [5, 5.41) is 3.36. The lowest BCUT2D eigenvalue weighted by atomic mass is 10.0. The third kappa shape index (κ3) is 3.58. The molecule has 0 radical (unpaired) electrons. The highest BCUT2D eigenvalue weighted by Crippen LogP contribution is 2.25. The Morgan fingerprint density at radius 3 is 2.35 bits per heavy atom. The molecule has 0 spiro atoms. The zero-order valence-electron chi connectivity index (χ0n) is 11.9. The van der Waals surface area contributed by atoms with E-state index in [0.29, 0.717) is 0 Å². The number of ether oxygens (including phenoxy) is 1. The maximum atomic E-state index is 13.7. The Labute approximate surface area is 119 Å². The molecule has 2 rings (SSSR count). The predicted molar refractivity (Wildman–Crippen MR) is 80.4 cm³/mol. The van der Waals surface area contributed by atoms with Gasteiger partial charge in [-0.15, -0.1) is 0 Å². The Balaban J connectivity index is 2.11. The lowest BCUT2D eigenvalue weighted by molar-refractivity contribution is 0.386. The van der Waals surface area contributed by atoms with E-state index in [0.717, 1.165) is 30.6 Å². The Morgan fingerprint density at radius 1 is 1.05 bits per heavy atom. The number of rotatable bonds is 6. The molecule has 0 aromatic heterocycles. The molecule has 0 fully saturated rings. The van der Waals surface area contributed by atoms with Gasteiger partial charge in [-0.1, -0.05) is 37.3 Å². The summed E-state index contributed by atoms with van der Waals surface area (Å²) in [5.74, 6) is -0.0622. The van der Waals surface area contributed by atoms with Crippen LogP contribution in [-0.2, 0) is 6.54 Å². The van der Waals surface area contributed by atoms with Crippen LogP contribution in [0.1, 0.15) is 18.9 Å². The van der Waals surface area contributed by atoms with Crippen molar-refractivity contribution in [3.05, 3.63) is 53.8 Å². The molecule has 3 heteroatoms. The summed E-state index contributed by atoms with van der Waals surface area (Å²) in [6.07, 6.45) is 1.13. The second-order valence-electron chi connectivity index (χ2n) is 4.72. The SMILES string of the molecule is CCCNCc1ccc(-c2ccc(OC)c(F)c2)cc1. The van der Waals surface area contributed by atoms with E-state index in [1.165, 1.54) is 18.7 Å². The minimum atomic E-state index is -0.335. The average molecular weight is 273 g/mol. The van der Waals surface area contributed by atoms with Crippen LogP contribution in [0.5, 0.6) is 5.75 Å². The predicted octanol–water partition coefficient (Wildman–Crippen LogP) is 4.00. The fourth-order valence-electron chi connectivity index (χ4n) is 2.07. The van der Waals surface area contributed by atoms with Crippen LogP contribution in [0.15, 0.2) is 42.5 Å². The summed E-state index contributed by atoms with van der Waals surface area (Å²) in [6.45, 7) is 4.03. The van der Waals surface area contributed by atoms with E-state index in [1.54, 1.807) is 6.07 Å². The second-order valence-corrected chi connectivity index (χ2v) is 4.72. The first-order valence-corrected chi connectivity index (χ1v) is 6.88. The largest absolute Gasteiger partial charge is 0.494 e. The first-order valence-electron chi connectivity index (χ1n) is 6.88. The van der Waals surface area contributed by atoms with Crippen molar-refractivity contribution >= 4 is 0 Å². The topological polar surface area (TPSA) is 21.3 Å². The highest BCUT2D eigenvalue weighted by atomic mass is 19.1. The van der Waals surface area contributed by atoms with Crippen LogP contribution in [-0.4, -0.2) is 13.7 Å². The minimum absolute atomic E-state index is 0.272. The van der Waals surface area contributed by atoms with Crippen molar-refractivity contribution in [1.29, 1.82) is 0 Å². The molecule has 0 atom stereocenters. The van der Waals surface area contributed by atoms with E-state index < -0.39 is 0 Å². The summed E-state index contributed by atoms with van der Waals surface area (Å²) in [6, 6.07) is 13.2. The normalized spacial score (nSPS) is 10.6. The van der Waals surface area contributed by atoms with Gasteiger partial charge in [-0.05, 0) is 41.8 Å². The van der Waals surface area contributed by atoms with Gasteiger partial charge in [0.25, 0.3) is 0 Å². The van der Waals surface area contributed by atoms with Crippen LogP contribution < -0.4 is 10.1 Å². The smallest absolute Gasteiger partial charge is 0.165 e. The van der Waals surface area contributed by atoms with E-state index in [9.17, 15) is 4.39 Å². The lowest BCUT2D eigenvalue weighted by Gasteiger charge is -2.07. The minimum Gasteiger partial charge on any atom is -0.494 e. The molecule has 2 aromatic rings. The van der Waals surface area contributed by atoms with Crippen LogP contribution in [0.4, 0.5) is 4.39 Å². The number of hydrogen-bond donors (Lipinski definition) is 1. The van der Waals surface area contributed by atoms with E-state index in [1.807, 2.05) is 18.2 Å². The van der Waals surface area contributed by atoms with E-state index in [4.69, 9.17) is 4.74 Å². The number of methoxy groups -OCH3 is 1. The van der Waals surface area contributed by atoms with Crippen molar-refractivity contribution in [3.63, 3.8) is 0 Å². The van der Waals surface area contributed by atoms with Crippen molar-refractivity contribution < 1.29 is 9.13 Å². The molecule has 0 aliphatic rings. The Morgan fingerprint density at radius 2 is 1.75 bits per heavy atom. The number of hydrogen-bond acceptors (Lipinski definition) is 2. The molecule has 0 bridgehead atoms. The van der Waals surface area contributed by atoms with Gasteiger partial charge >= 0.3 is 0 Å². The zero-order valence-corrected chi connectivity index (χ0v) is 11.9. The highest BCUT2D eigenvalue weighted by Gasteiger charge is 2.05. The molecule has 0 aliphatic carbocycles. The van der Waals surface area contributed by atoms with Crippen LogP contribution in [0.25, 0.3) is 11.1 Å². The van der Waals surface area contributed by atoms with Crippen molar-refractivity contribution in [2.24, 2.45) is 0 Å². The lowest BCUT2D eigenvalue weighted by Crippen LogP contribution is -2.13. The maximum absolute atomic E-state index is 13.7. The van der Waals surface area contributed by atoms with E-state index in [2.05, 4.69) is 24.4 Å². The molecule has 0 heterocycles. The molecule has 0 amide bonds. The van der Waals surface area contributed by atoms with Gasteiger partial charge in [-0.2, -0.15) is 0 Å². The van der Waals surface area contributed by atoms with Gasteiger partial charge in [-0.3, -0.25) is 0 Å². The Hall–Kier alpha value is -1.87. The molecule has 0 saturated carbocycles. The fourth-order valence-corrected chi connectivity index (χ4v) is 2.07. The van der Waals surface area contributed by atoms with Crippen LogP contribution >= 0.6 is 0 Å². The summed E-state index contributed by atoms with van der Waals surface area (Å²) in [4.78, 5) is 0. The summed E-state index contributed by atoms with van der Waals surface area (Å²) < 4.78 is 18.6. The molecule has 0 saturated heterocycles. The monoisotopic (exact) mass is 273 g/mol. The van der Waals surface area contributed by atoms with Gasteiger partial charge in [0.1, 0.15) is 0 Å². The molecule has 2 aromatic carbocycles. The van der Waals surface area contributed by atoms with Crippen LogP contribution in [0.2, 0.25) is 0 Å². The van der Waals surface area contributed by atoms with E-state index >= 15 is 0 Å².